The van der Waals surface area contributed by atoms with Crippen molar-refractivity contribution in [2.24, 2.45) is 0 Å². The van der Waals surface area contributed by atoms with Gasteiger partial charge in [-0.25, -0.2) is 4.39 Å². The van der Waals surface area contributed by atoms with E-state index in [2.05, 4.69) is 4.74 Å². The predicted octanol–water partition coefficient (Wildman–Crippen LogP) is 3.34. The van der Waals surface area contributed by atoms with Gasteiger partial charge in [0.1, 0.15) is 11.6 Å². The van der Waals surface area contributed by atoms with Gasteiger partial charge < -0.3 is 4.74 Å². The Morgan fingerprint density at radius 3 is 2.54 bits per heavy atom. The summed E-state index contributed by atoms with van der Waals surface area (Å²) in [4.78, 5) is 0. The third-order valence-corrected chi connectivity index (χ3v) is 2.40. The molecule has 72 valence electrons. The summed E-state index contributed by atoms with van der Waals surface area (Å²) in [6.07, 6.45) is 0. The van der Waals surface area contributed by atoms with E-state index in [0.717, 1.165) is 0 Å². The smallest absolute Gasteiger partial charge is 0.387 e. The zero-order valence-corrected chi connectivity index (χ0v) is 8.81. The SMILES string of the molecule is Cc1cc(F)c(I)c(OC(F)F)c1. The maximum atomic E-state index is 13.0. The molecule has 1 aromatic carbocycles. The first-order chi connectivity index (χ1) is 6.00. The van der Waals surface area contributed by atoms with Crippen molar-refractivity contribution in [3.05, 3.63) is 27.1 Å². The minimum absolute atomic E-state index is 0.0727. The summed E-state index contributed by atoms with van der Waals surface area (Å²) in [5.74, 6) is -0.663. The molecular formula is C8H6F3IO. The van der Waals surface area contributed by atoms with Gasteiger partial charge in [0.15, 0.2) is 0 Å². The summed E-state index contributed by atoms with van der Waals surface area (Å²) >= 11 is 1.62. The minimum atomic E-state index is -2.92. The number of benzene rings is 1. The number of alkyl halides is 2. The highest BCUT2D eigenvalue weighted by molar-refractivity contribution is 14.1. The van der Waals surface area contributed by atoms with Gasteiger partial charge in [-0.15, -0.1) is 0 Å². The minimum Gasteiger partial charge on any atom is -0.434 e. The van der Waals surface area contributed by atoms with E-state index >= 15 is 0 Å². The molecule has 1 rings (SSSR count). The lowest BCUT2D eigenvalue weighted by atomic mass is 10.2. The van der Waals surface area contributed by atoms with Crippen LogP contribution in [0.25, 0.3) is 0 Å². The maximum absolute atomic E-state index is 13.0. The molecule has 0 heterocycles. The first kappa shape index (κ1) is 10.6. The quantitative estimate of drug-likeness (QED) is 0.761. The third-order valence-electron chi connectivity index (χ3n) is 1.36. The first-order valence-electron chi connectivity index (χ1n) is 3.41. The number of hydrogen-bond acceptors (Lipinski definition) is 1. The second-order valence-corrected chi connectivity index (χ2v) is 3.52. The van der Waals surface area contributed by atoms with Crippen LogP contribution in [-0.4, -0.2) is 6.61 Å². The molecule has 0 spiro atoms. The fourth-order valence-electron chi connectivity index (χ4n) is 0.874. The Labute approximate surface area is 87.0 Å². The molecule has 0 bridgehead atoms. The van der Waals surface area contributed by atoms with Gasteiger partial charge in [-0.1, -0.05) is 0 Å². The van der Waals surface area contributed by atoms with Gasteiger partial charge >= 0.3 is 6.61 Å². The average molecular weight is 302 g/mol. The van der Waals surface area contributed by atoms with Crippen molar-refractivity contribution in [2.75, 3.05) is 0 Å². The van der Waals surface area contributed by atoms with Crippen molar-refractivity contribution in [1.82, 2.24) is 0 Å². The lowest BCUT2D eigenvalue weighted by Crippen LogP contribution is -2.04. The fourth-order valence-corrected chi connectivity index (χ4v) is 1.31. The molecule has 0 saturated carbocycles. The second-order valence-electron chi connectivity index (χ2n) is 2.44. The Balaban J connectivity index is 3.05. The largest absolute Gasteiger partial charge is 0.434 e. The van der Waals surface area contributed by atoms with Crippen LogP contribution in [0.15, 0.2) is 12.1 Å². The van der Waals surface area contributed by atoms with Crippen molar-refractivity contribution in [3.63, 3.8) is 0 Å². The monoisotopic (exact) mass is 302 g/mol. The van der Waals surface area contributed by atoms with Crippen LogP contribution < -0.4 is 4.74 Å². The number of aryl methyl sites for hydroxylation is 1. The van der Waals surface area contributed by atoms with Crippen LogP contribution in [0, 0.1) is 16.3 Å². The Morgan fingerprint density at radius 1 is 1.38 bits per heavy atom. The zero-order chi connectivity index (χ0) is 10.0. The van der Waals surface area contributed by atoms with Gasteiger partial charge in [0.25, 0.3) is 0 Å². The van der Waals surface area contributed by atoms with Crippen molar-refractivity contribution < 1.29 is 17.9 Å². The maximum Gasteiger partial charge on any atom is 0.387 e. The van der Waals surface area contributed by atoms with Gasteiger partial charge in [-0.2, -0.15) is 8.78 Å². The van der Waals surface area contributed by atoms with Gasteiger partial charge in [0.2, 0.25) is 0 Å². The summed E-state index contributed by atoms with van der Waals surface area (Å²) in [6, 6.07) is 2.64. The molecule has 0 unspecified atom stereocenters. The molecule has 0 aliphatic rings. The number of halogens is 4. The van der Waals surface area contributed by atoms with Crippen LogP contribution in [0.2, 0.25) is 0 Å². The molecular weight excluding hydrogens is 296 g/mol. The van der Waals surface area contributed by atoms with Crippen molar-refractivity contribution in [1.29, 1.82) is 0 Å². The summed E-state index contributed by atoms with van der Waals surface area (Å²) in [5, 5.41) is 0. The zero-order valence-electron chi connectivity index (χ0n) is 6.65. The topological polar surface area (TPSA) is 9.23 Å². The molecule has 0 N–H and O–H groups in total. The third kappa shape index (κ3) is 2.75. The van der Waals surface area contributed by atoms with Gasteiger partial charge in [-0.05, 0) is 47.2 Å². The van der Waals surface area contributed by atoms with E-state index < -0.39 is 12.4 Å². The molecule has 0 saturated heterocycles. The van der Waals surface area contributed by atoms with E-state index in [1.54, 1.807) is 29.5 Å². The second kappa shape index (κ2) is 4.17. The van der Waals surface area contributed by atoms with Crippen LogP contribution in [0.5, 0.6) is 5.75 Å². The number of ether oxygens (including phenoxy) is 1. The molecule has 1 aromatic rings. The van der Waals surface area contributed by atoms with E-state index in [1.807, 2.05) is 0 Å². The molecule has 0 aromatic heterocycles. The van der Waals surface area contributed by atoms with Crippen LogP contribution >= 0.6 is 22.6 Å². The Morgan fingerprint density at radius 2 is 2.00 bits per heavy atom. The molecule has 5 heteroatoms. The molecule has 1 nitrogen and oxygen atoms in total. The highest BCUT2D eigenvalue weighted by Gasteiger charge is 2.12. The van der Waals surface area contributed by atoms with Gasteiger partial charge in [-0.3, -0.25) is 0 Å². The summed E-state index contributed by atoms with van der Waals surface area (Å²) in [5.41, 5.74) is 0.550. The van der Waals surface area contributed by atoms with Gasteiger partial charge in [0, 0.05) is 0 Å². The summed E-state index contributed by atoms with van der Waals surface area (Å²) in [7, 11) is 0. The highest BCUT2D eigenvalue weighted by Crippen LogP contribution is 2.26. The first-order valence-corrected chi connectivity index (χ1v) is 4.49. The Kier molecular flexibility index (Phi) is 3.40. The summed E-state index contributed by atoms with van der Waals surface area (Å²) in [6.45, 7) is -1.31. The molecule has 0 atom stereocenters. The normalized spacial score (nSPS) is 10.6. The molecule has 0 aliphatic carbocycles. The van der Waals surface area contributed by atoms with E-state index in [0.29, 0.717) is 5.56 Å². The Hall–Kier alpha value is -0.460. The van der Waals surface area contributed by atoms with E-state index in [4.69, 9.17) is 0 Å². The van der Waals surface area contributed by atoms with Crippen LogP contribution in [0.1, 0.15) is 5.56 Å². The lowest BCUT2D eigenvalue weighted by Gasteiger charge is -2.08. The predicted molar refractivity (Wildman–Crippen MR) is 50.5 cm³/mol. The Bertz CT molecular complexity index is 315. The van der Waals surface area contributed by atoms with Gasteiger partial charge in [0.05, 0.1) is 3.57 Å². The molecule has 13 heavy (non-hydrogen) atoms. The van der Waals surface area contributed by atoms with Crippen molar-refractivity contribution in [2.45, 2.75) is 13.5 Å². The van der Waals surface area contributed by atoms with Crippen LogP contribution in [0.4, 0.5) is 13.2 Å². The molecule has 0 aliphatic heterocycles. The summed E-state index contributed by atoms with van der Waals surface area (Å²) < 4.78 is 40.8. The van der Waals surface area contributed by atoms with E-state index in [-0.39, 0.29) is 9.32 Å². The highest BCUT2D eigenvalue weighted by atomic mass is 127. The average Bonchev–Trinajstić information content (AvgIpc) is 1.98. The lowest BCUT2D eigenvalue weighted by molar-refractivity contribution is -0.0506. The number of hydrogen-bond donors (Lipinski definition) is 0. The van der Waals surface area contributed by atoms with Crippen molar-refractivity contribution in [3.8, 4) is 5.75 Å². The molecule has 0 amide bonds. The van der Waals surface area contributed by atoms with Crippen molar-refractivity contribution >= 4 is 22.6 Å². The van der Waals surface area contributed by atoms with E-state index in [1.165, 1.54) is 12.1 Å². The fraction of sp³-hybridized carbons (Fsp3) is 0.250. The molecule has 0 fully saturated rings. The van der Waals surface area contributed by atoms with E-state index in [9.17, 15) is 13.2 Å². The number of rotatable bonds is 2. The standard InChI is InChI=1S/C8H6F3IO/c1-4-2-5(9)7(12)6(3-4)13-8(10)11/h2-3,8H,1H3. The van der Waals surface area contributed by atoms with Crippen LogP contribution in [0.3, 0.4) is 0 Å². The van der Waals surface area contributed by atoms with Crippen LogP contribution in [-0.2, 0) is 0 Å². The molecule has 0 radical (unpaired) electrons.